The minimum Gasteiger partial charge on any atom is -0.321 e. The van der Waals surface area contributed by atoms with E-state index in [4.69, 9.17) is 23.2 Å². The van der Waals surface area contributed by atoms with E-state index in [1.807, 2.05) is 0 Å². The van der Waals surface area contributed by atoms with Crippen molar-refractivity contribution in [3.05, 3.63) is 63.2 Å². The quantitative estimate of drug-likeness (QED) is 0.618. The molecule has 3 aromatic rings. The summed E-state index contributed by atoms with van der Waals surface area (Å²) in [6.45, 7) is 3.50. The summed E-state index contributed by atoms with van der Waals surface area (Å²) >= 11 is 12.1. The van der Waals surface area contributed by atoms with Crippen molar-refractivity contribution in [2.75, 3.05) is 5.32 Å². The van der Waals surface area contributed by atoms with Crippen LogP contribution < -0.4 is 5.32 Å². The number of aromatic nitrogens is 4. The molecule has 2 aromatic heterocycles. The number of anilines is 1. The van der Waals surface area contributed by atoms with Gasteiger partial charge in [0.15, 0.2) is 5.69 Å². The number of amides is 1. The average Bonchev–Trinajstić information content (AvgIpc) is 3.18. The molecule has 1 N–H and O–H groups in total. The molecule has 0 aliphatic rings. The number of hydrogen-bond donors (Lipinski definition) is 1. The van der Waals surface area contributed by atoms with Crippen LogP contribution in [0.2, 0.25) is 10.0 Å². The number of rotatable bonds is 5. The number of carbonyl (C=O) groups excluding carboxylic acids is 1. The number of benzene rings is 1. The normalized spacial score (nSPS) is 11.7. The molecule has 0 aliphatic heterocycles. The van der Waals surface area contributed by atoms with Gasteiger partial charge >= 0.3 is 6.18 Å². The van der Waals surface area contributed by atoms with Gasteiger partial charge in [0.1, 0.15) is 6.54 Å². The van der Waals surface area contributed by atoms with Gasteiger partial charge in [-0.25, -0.2) is 0 Å². The summed E-state index contributed by atoms with van der Waals surface area (Å²) < 4.78 is 40.5. The van der Waals surface area contributed by atoms with E-state index in [2.05, 4.69) is 15.5 Å². The summed E-state index contributed by atoms with van der Waals surface area (Å²) in [7, 11) is 0. The standard InChI is InChI=1S/C18H16Cl2F3N5O/c1-10-17(24-16(29)9-27-6-5-15(26-27)18(21,22)23)11(2)28(25-10)8-12-3-4-13(19)7-14(12)20/h3-7H,8-9H2,1-2H3,(H,24,29). The lowest BCUT2D eigenvalue weighted by Gasteiger charge is -2.09. The molecule has 1 aromatic carbocycles. The topological polar surface area (TPSA) is 64.7 Å². The van der Waals surface area contributed by atoms with Crippen LogP contribution in [-0.2, 0) is 24.1 Å². The van der Waals surface area contributed by atoms with Gasteiger partial charge in [0.05, 0.1) is 23.6 Å². The van der Waals surface area contributed by atoms with Crippen LogP contribution in [0.15, 0.2) is 30.5 Å². The highest BCUT2D eigenvalue weighted by Crippen LogP contribution is 2.27. The van der Waals surface area contributed by atoms with Crippen molar-refractivity contribution < 1.29 is 18.0 Å². The summed E-state index contributed by atoms with van der Waals surface area (Å²) in [6.07, 6.45) is -3.45. The zero-order chi connectivity index (χ0) is 21.3. The van der Waals surface area contributed by atoms with Crippen molar-refractivity contribution in [2.45, 2.75) is 33.1 Å². The molecule has 6 nitrogen and oxygen atoms in total. The first-order chi connectivity index (χ1) is 13.5. The van der Waals surface area contributed by atoms with Gasteiger partial charge in [0.2, 0.25) is 5.91 Å². The second-order valence-corrected chi connectivity index (χ2v) is 7.23. The maximum absolute atomic E-state index is 12.6. The third-order valence-electron chi connectivity index (χ3n) is 4.22. The average molecular weight is 446 g/mol. The summed E-state index contributed by atoms with van der Waals surface area (Å²) in [5.41, 5.74) is 1.49. The van der Waals surface area contributed by atoms with E-state index in [-0.39, 0.29) is 6.54 Å². The Kier molecular flexibility index (Phi) is 5.90. The number of aryl methyl sites for hydroxylation is 1. The van der Waals surface area contributed by atoms with Gasteiger partial charge in [-0.1, -0.05) is 29.3 Å². The van der Waals surface area contributed by atoms with Crippen molar-refractivity contribution in [3.8, 4) is 0 Å². The van der Waals surface area contributed by atoms with Crippen LogP contribution in [0.5, 0.6) is 0 Å². The first-order valence-electron chi connectivity index (χ1n) is 8.43. The molecule has 0 radical (unpaired) electrons. The van der Waals surface area contributed by atoms with E-state index in [1.165, 1.54) is 0 Å². The van der Waals surface area contributed by atoms with Crippen LogP contribution in [0.25, 0.3) is 0 Å². The van der Waals surface area contributed by atoms with Gasteiger partial charge in [0, 0.05) is 16.2 Å². The monoisotopic (exact) mass is 445 g/mol. The van der Waals surface area contributed by atoms with Gasteiger partial charge < -0.3 is 5.32 Å². The number of hydrogen-bond acceptors (Lipinski definition) is 3. The molecule has 0 atom stereocenters. The van der Waals surface area contributed by atoms with Crippen LogP contribution in [0.4, 0.5) is 18.9 Å². The highest BCUT2D eigenvalue weighted by atomic mass is 35.5. The molecule has 29 heavy (non-hydrogen) atoms. The SMILES string of the molecule is Cc1nn(Cc2ccc(Cl)cc2Cl)c(C)c1NC(=O)Cn1ccc(C(F)(F)F)n1. The zero-order valence-electron chi connectivity index (χ0n) is 15.4. The molecule has 0 saturated carbocycles. The smallest absolute Gasteiger partial charge is 0.321 e. The molecule has 3 rings (SSSR count). The molecule has 0 spiro atoms. The molecule has 0 bridgehead atoms. The van der Waals surface area contributed by atoms with Crippen LogP contribution in [0.3, 0.4) is 0 Å². The maximum Gasteiger partial charge on any atom is 0.435 e. The maximum atomic E-state index is 12.6. The van der Waals surface area contributed by atoms with Crippen molar-refractivity contribution in [2.24, 2.45) is 0 Å². The van der Waals surface area contributed by atoms with Crippen molar-refractivity contribution in [1.82, 2.24) is 19.6 Å². The predicted octanol–water partition coefficient (Wildman–Crippen LogP) is 4.71. The first kappa shape index (κ1) is 21.2. The van der Waals surface area contributed by atoms with Gasteiger partial charge in [-0.3, -0.25) is 14.2 Å². The molecule has 1 amide bonds. The van der Waals surface area contributed by atoms with Crippen LogP contribution in [-0.4, -0.2) is 25.5 Å². The second kappa shape index (κ2) is 8.08. The van der Waals surface area contributed by atoms with Crippen LogP contribution in [0, 0.1) is 13.8 Å². The summed E-state index contributed by atoms with van der Waals surface area (Å²) in [6, 6.07) is 5.95. The first-order valence-corrected chi connectivity index (χ1v) is 9.18. The molecule has 0 saturated heterocycles. The molecule has 0 unspecified atom stereocenters. The largest absolute Gasteiger partial charge is 0.435 e. The fourth-order valence-corrected chi connectivity index (χ4v) is 3.24. The molecule has 11 heteroatoms. The number of alkyl halides is 3. The highest BCUT2D eigenvalue weighted by Gasteiger charge is 2.33. The Balaban J connectivity index is 1.73. The van der Waals surface area contributed by atoms with Gasteiger partial charge in [-0.2, -0.15) is 23.4 Å². The predicted molar refractivity (Wildman–Crippen MR) is 103 cm³/mol. The lowest BCUT2D eigenvalue weighted by molar-refractivity contribution is -0.141. The number of carbonyl (C=O) groups is 1. The minimum absolute atomic E-state index is 0.358. The number of nitrogens with one attached hydrogen (secondary N) is 1. The summed E-state index contributed by atoms with van der Waals surface area (Å²) in [5.74, 6) is -0.517. The van der Waals surface area contributed by atoms with E-state index in [9.17, 15) is 18.0 Å². The summed E-state index contributed by atoms with van der Waals surface area (Å²) in [4.78, 5) is 12.3. The van der Waals surface area contributed by atoms with Crippen molar-refractivity contribution >= 4 is 34.8 Å². The Morgan fingerprint density at radius 3 is 2.52 bits per heavy atom. The fourth-order valence-electron chi connectivity index (χ4n) is 2.77. The van der Waals surface area contributed by atoms with E-state index < -0.39 is 17.8 Å². The molecule has 0 fully saturated rings. The Hall–Kier alpha value is -2.52. The van der Waals surface area contributed by atoms with E-state index in [0.29, 0.717) is 33.7 Å². The Labute approximate surface area is 174 Å². The van der Waals surface area contributed by atoms with Gasteiger partial charge in [0.25, 0.3) is 0 Å². The van der Waals surface area contributed by atoms with E-state index in [0.717, 1.165) is 22.5 Å². The number of nitrogens with zero attached hydrogens (tertiary/aromatic N) is 4. The Bertz CT molecular complexity index is 1060. The number of halogens is 5. The molecule has 0 aliphatic carbocycles. The third-order valence-corrected chi connectivity index (χ3v) is 4.80. The van der Waals surface area contributed by atoms with Crippen molar-refractivity contribution in [3.63, 3.8) is 0 Å². The molecular formula is C18H16Cl2F3N5O. The van der Waals surface area contributed by atoms with Crippen LogP contribution >= 0.6 is 23.2 Å². The zero-order valence-corrected chi connectivity index (χ0v) is 16.9. The van der Waals surface area contributed by atoms with E-state index >= 15 is 0 Å². The lowest BCUT2D eigenvalue weighted by atomic mass is 10.2. The summed E-state index contributed by atoms with van der Waals surface area (Å²) in [5, 5.41) is 11.5. The van der Waals surface area contributed by atoms with E-state index in [1.54, 1.807) is 36.7 Å². The van der Waals surface area contributed by atoms with Gasteiger partial charge in [-0.05, 0) is 37.6 Å². The van der Waals surface area contributed by atoms with Crippen molar-refractivity contribution in [1.29, 1.82) is 0 Å². The third kappa shape index (κ3) is 4.91. The lowest BCUT2D eigenvalue weighted by Crippen LogP contribution is -2.20. The molecule has 154 valence electrons. The minimum atomic E-state index is -4.56. The molecular weight excluding hydrogens is 430 g/mol. The fraction of sp³-hybridized carbons (Fsp3) is 0.278. The Morgan fingerprint density at radius 1 is 1.17 bits per heavy atom. The Morgan fingerprint density at radius 2 is 1.90 bits per heavy atom. The highest BCUT2D eigenvalue weighted by molar-refractivity contribution is 6.35. The van der Waals surface area contributed by atoms with Crippen LogP contribution in [0.1, 0.15) is 22.6 Å². The second-order valence-electron chi connectivity index (χ2n) is 6.38. The molecule has 2 heterocycles. The van der Waals surface area contributed by atoms with Gasteiger partial charge in [-0.15, -0.1) is 0 Å².